The van der Waals surface area contributed by atoms with Crippen molar-refractivity contribution < 1.29 is 14.6 Å². The highest BCUT2D eigenvalue weighted by Gasteiger charge is 2.37. The molecule has 1 fully saturated rings. The quantitative estimate of drug-likeness (QED) is 0.826. The van der Waals surface area contributed by atoms with Crippen LogP contribution < -0.4 is 0 Å². The van der Waals surface area contributed by atoms with Crippen LogP contribution >= 0.6 is 0 Å². The summed E-state index contributed by atoms with van der Waals surface area (Å²) in [6, 6.07) is 0. The van der Waals surface area contributed by atoms with Gasteiger partial charge in [0.05, 0.1) is 13.0 Å². The lowest BCUT2D eigenvalue weighted by molar-refractivity contribution is -0.140. The molecule has 2 heterocycles. The summed E-state index contributed by atoms with van der Waals surface area (Å²) in [4.78, 5) is 18.9. The zero-order valence-corrected chi connectivity index (χ0v) is 8.93. The Kier molecular flexibility index (Phi) is 3.14. The van der Waals surface area contributed by atoms with Gasteiger partial charge in [0.15, 0.2) is 0 Å². The Hall–Kier alpha value is -1.49. The van der Waals surface area contributed by atoms with E-state index in [-0.39, 0.29) is 6.42 Å². The van der Waals surface area contributed by atoms with E-state index in [2.05, 4.69) is 9.97 Å². The second kappa shape index (κ2) is 4.57. The number of rotatable bonds is 3. The maximum atomic E-state index is 10.9. The molecule has 0 bridgehead atoms. The Labute approximate surface area is 93.5 Å². The number of aliphatic carboxylic acids is 1. The summed E-state index contributed by atoms with van der Waals surface area (Å²) in [5.74, 6) is -0.811. The molecule has 1 atom stereocenters. The average molecular weight is 222 g/mol. The van der Waals surface area contributed by atoms with E-state index in [9.17, 15) is 4.79 Å². The molecule has 86 valence electrons. The molecule has 2 rings (SSSR count). The van der Waals surface area contributed by atoms with E-state index in [0.29, 0.717) is 13.2 Å². The first-order valence-electron chi connectivity index (χ1n) is 5.28. The minimum Gasteiger partial charge on any atom is -0.481 e. The van der Waals surface area contributed by atoms with E-state index in [0.717, 1.165) is 18.4 Å². The van der Waals surface area contributed by atoms with Crippen molar-refractivity contribution in [3.05, 3.63) is 24.3 Å². The lowest BCUT2D eigenvalue weighted by Crippen LogP contribution is -2.38. The van der Waals surface area contributed by atoms with Crippen LogP contribution in [-0.2, 0) is 14.9 Å². The number of aromatic nitrogens is 2. The predicted octanol–water partition coefficient (Wildman–Crippen LogP) is 1.000. The largest absolute Gasteiger partial charge is 0.481 e. The van der Waals surface area contributed by atoms with E-state index < -0.39 is 11.4 Å². The summed E-state index contributed by atoms with van der Waals surface area (Å²) in [6.45, 7) is 1.14. The van der Waals surface area contributed by atoms with E-state index in [1.807, 2.05) is 0 Å². The van der Waals surface area contributed by atoms with Crippen LogP contribution in [0.25, 0.3) is 0 Å². The average Bonchev–Trinajstić information content (AvgIpc) is 2.30. The Morgan fingerprint density at radius 1 is 1.50 bits per heavy atom. The van der Waals surface area contributed by atoms with Gasteiger partial charge in [-0.3, -0.25) is 4.79 Å². The Morgan fingerprint density at radius 2 is 2.25 bits per heavy atom. The minimum absolute atomic E-state index is 0.0698. The fourth-order valence-corrected chi connectivity index (χ4v) is 2.18. The summed E-state index contributed by atoms with van der Waals surface area (Å²) in [5, 5.41) is 9.00. The van der Waals surface area contributed by atoms with Crippen LogP contribution in [0.2, 0.25) is 0 Å². The number of hydrogen-bond acceptors (Lipinski definition) is 4. The first-order valence-corrected chi connectivity index (χ1v) is 5.28. The molecule has 0 aliphatic carbocycles. The van der Waals surface area contributed by atoms with Gasteiger partial charge in [-0.15, -0.1) is 0 Å². The molecule has 1 saturated heterocycles. The molecule has 0 saturated carbocycles. The second-order valence-electron chi connectivity index (χ2n) is 4.13. The van der Waals surface area contributed by atoms with Crippen molar-refractivity contribution in [3.8, 4) is 0 Å². The van der Waals surface area contributed by atoms with Gasteiger partial charge in [-0.2, -0.15) is 0 Å². The number of carboxylic acids is 1. The third-order valence-corrected chi connectivity index (χ3v) is 2.98. The number of carboxylic acid groups (broad SMARTS) is 1. The fraction of sp³-hybridized carbons (Fsp3) is 0.545. The van der Waals surface area contributed by atoms with Gasteiger partial charge >= 0.3 is 5.97 Å². The topological polar surface area (TPSA) is 72.3 Å². The van der Waals surface area contributed by atoms with Crippen LogP contribution in [0.4, 0.5) is 0 Å². The van der Waals surface area contributed by atoms with Crippen LogP contribution in [0, 0.1) is 0 Å². The van der Waals surface area contributed by atoms with E-state index in [4.69, 9.17) is 9.84 Å². The molecule has 5 nitrogen and oxygen atoms in total. The van der Waals surface area contributed by atoms with Gasteiger partial charge in [0.25, 0.3) is 0 Å². The van der Waals surface area contributed by atoms with Crippen molar-refractivity contribution in [2.24, 2.45) is 0 Å². The molecule has 5 heteroatoms. The molecule has 1 unspecified atom stereocenters. The highest BCUT2D eigenvalue weighted by Crippen LogP contribution is 2.35. The third kappa shape index (κ3) is 2.19. The smallest absolute Gasteiger partial charge is 0.304 e. The number of hydrogen-bond donors (Lipinski definition) is 1. The predicted molar refractivity (Wildman–Crippen MR) is 56.0 cm³/mol. The number of ether oxygens (including phenoxy) is 1. The van der Waals surface area contributed by atoms with E-state index >= 15 is 0 Å². The molecule has 0 spiro atoms. The monoisotopic (exact) mass is 222 g/mol. The first-order chi connectivity index (χ1) is 7.73. The lowest BCUT2D eigenvalue weighted by Gasteiger charge is -2.35. The van der Waals surface area contributed by atoms with Crippen LogP contribution in [0.1, 0.15) is 24.8 Å². The van der Waals surface area contributed by atoms with Crippen molar-refractivity contribution in [2.45, 2.75) is 24.7 Å². The molecule has 1 aliphatic rings. The van der Waals surface area contributed by atoms with Gasteiger partial charge in [0, 0.05) is 24.4 Å². The molecular formula is C11H14N2O3. The van der Waals surface area contributed by atoms with Crippen LogP contribution in [0.5, 0.6) is 0 Å². The normalized spacial score (nSPS) is 25.2. The lowest BCUT2D eigenvalue weighted by atomic mass is 9.75. The fourth-order valence-electron chi connectivity index (χ4n) is 2.18. The van der Waals surface area contributed by atoms with Gasteiger partial charge < -0.3 is 9.84 Å². The molecule has 0 amide bonds. The third-order valence-electron chi connectivity index (χ3n) is 2.98. The Morgan fingerprint density at radius 3 is 2.81 bits per heavy atom. The van der Waals surface area contributed by atoms with E-state index in [1.165, 1.54) is 6.33 Å². The molecule has 1 aromatic rings. The summed E-state index contributed by atoms with van der Waals surface area (Å²) in [7, 11) is 0. The van der Waals surface area contributed by atoms with Gasteiger partial charge in [-0.05, 0) is 18.4 Å². The molecule has 16 heavy (non-hydrogen) atoms. The van der Waals surface area contributed by atoms with Crippen LogP contribution in [0.3, 0.4) is 0 Å². The van der Waals surface area contributed by atoms with Gasteiger partial charge in [0.2, 0.25) is 0 Å². The maximum absolute atomic E-state index is 10.9. The summed E-state index contributed by atoms with van der Waals surface area (Å²) in [6.07, 6.45) is 6.58. The summed E-state index contributed by atoms with van der Waals surface area (Å²) >= 11 is 0. The minimum atomic E-state index is -0.811. The zero-order chi connectivity index (χ0) is 11.4. The van der Waals surface area contributed by atoms with Gasteiger partial charge in [-0.1, -0.05) is 0 Å². The van der Waals surface area contributed by atoms with Crippen LogP contribution in [0.15, 0.2) is 18.7 Å². The zero-order valence-electron chi connectivity index (χ0n) is 8.93. The maximum Gasteiger partial charge on any atom is 0.304 e. The van der Waals surface area contributed by atoms with Crippen molar-refractivity contribution >= 4 is 5.97 Å². The second-order valence-corrected chi connectivity index (χ2v) is 4.13. The first kappa shape index (κ1) is 11.0. The van der Waals surface area contributed by atoms with Gasteiger partial charge in [0.1, 0.15) is 6.33 Å². The molecule has 1 N–H and O–H groups in total. The van der Waals surface area contributed by atoms with Gasteiger partial charge in [-0.25, -0.2) is 9.97 Å². The summed E-state index contributed by atoms with van der Waals surface area (Å²) < 4.78 is 5.42. The Bertz CT molecular complexity index is 361. The molecule has 0 radical (unpaired) electrons. The SMILES string of the molecule is O=C(O)CC1(c2cncnc2)CCCOC1. The molecule has 1 aromatic heterocycles. The highest BCUT2D eigenvalue weighted by molar-refractivity contribution is 5.69. The van der Waals surface area contributed by atoms with Crippen molar-refractivity contribution in [1.82, 2.24) is 9.97 Å². The van der Waals surface area contributed by atoms with Crippen molar-refractivity contribution in [3.63, 3.8) is 0 Å². The standard InChI is InChI=1S/C11H14N2O3/c14-10(15)4-11(2-1-3-16-7-11)9-5-12-8-13-6-9/h5-6,8H,1-4,7H2,(H,14,15). The number of carbonyl (C=O) groups is 1. The Balaban J connectivity index is 2.29. The van der Waals surface area contributed by atoms with Crippen molar-refractivity contribution in [1.29, 1.82) is 0 Å². The summed E-state index contributed by atoms with van der Waals surface area (Å²) in [5.41, 5.74) is 0.405. The molecular weight excluding hydrogens is 208 g/mol. The molecule has 1 aliphatic heterocycles. The molecule has 0 aromatic carbocycles. The van der Waals surface area contributed by atoms with Crippen LogP contribution in [-0.4, -0.2) is 34.3 Å². The number of nitrogens with zero attached hydrogens (tertiary/aromatic N) is 2. The van der Waals surface area contributed by atoms with Crippen molar-refractivity contribution in [2.75, 3.05) is 13.2 Å². The van der Waals surface area contributed by atoms with E-state index in [1.54, 1.807) is 12.4 Å². The highest BCUT2D eigenvalue weighted by atomic mass is 16.5.